The highest BCUT2D eigenvalue weighted by Gasteiger charge is 2.03. The van der Waals surface area contributed by atoms with E-state index in [0.717, 1.165) is 32.2 Å². The van der Waals surface area contributed by atoms with E-state index in [9.17, 15) is 4.79 Å². The third kappa shape index (κ3) is 4.38. The molecule has 0 aliphatic carbocycles. The minimum absolute atomic E-state index is 0.171. The monoisotopic (exact) mass is 291 g/mol. The van der Waals surface area contributed by atoms with Crippen LogP contribution < -0.4 is 10.9 Å². The fourth-order valence-corrected chi connectivity index (χ4v) is 2.16. The van der Waals surface area contributed by atoms with E-state index >= 15 is 0 Å². The zero-order valence-electron chi connectivity index (χ0n) is 11.2. The molecule has 2 aromatic rings. The van der Waals surface area contributed by atoms with Crippen molar-refractivity contribution in [1.82, 2.24) is 10.2 Å². The molecule has 2 N–H and O–H groups in total. The summed E-state index contributed by atoms with van der Waals surface area (Å²) in [5, 5.41) is 9.32. The Labute approximate surface area is 123 Å². The second-order valence-electron chi connectivity index (χ2n) is 4.65. The molecule has 0 saturated carbocycles. The standard InChI is InChI=1S/C15H18ClN3O/c16-14-13(11-18-19-15(14)20)17-10-6-2-5-9-12-7-3-1-4-8-12/h1,3-4,7-8,11H,2,5-6,9-10H2,(H2,17,19,20). The van der Waals surface area contributed by atoms with Crippen molar-refractivity contribution in [2.45, 2.75) is 25.7 Å². The molecule has 0 radical (unpaired) electrons. The minimum atomic E-state index is -0.360. The first-order chi connectivity index (χ1) is 9.77. The maximum Gasteiger partial charge on any atom is 0.285 e. The number of aryl methyl sites for hydroxylation is 1. The molecular formula is C15H18ClN3O. The van der Waals surface area contributed by atoms with Gasteiger partial charge in [0.15, 0.2) is 0 Å². The lowest BCUT2D eigenvalue weighted by Gasteiger charge is -2.06. The number of hydrogen-bond acceptors (Lipinski definition) is 3. The quantitative estimate of drug-likeness (QED) is 0.770. The molecule has 0 spiro atoms. The fraction of sp³-hybridized carbons (Fsp3) is 0.333. The third-order valence-electron chi connectivity index (χ3n) is 3.10. The summed E-state index contributed by atoms with van der Waals surface area (Å²) in [5.74, 6) is 0. The maximum absolute atomic E-state index is 11.2. The largest absolute Gasteiger partial charge is 0.382 e. The van der Waals surface area contributed by atoms with Crippen LogP contribution >= 0.6 is 11.6 Å². The van der Waals surface area contributed by atoms with Crippen molar-refractivity contribution >= 4 is 17.3 Å². The van der Waals surface area contributed by atoms with Crippen LogP contribution in [0.3, 0.4) is 0 Å². The first kappa shape index (κ1) is 14.6. The summed E-state index contributed by atoms with van der Waals surface area (Å²) in [5.41, 5.74) is 1.61. The molecule has 0 atom stereocenters. The Bertz CT molecular complexity index is 583. The molecule has 1 heterocycles. The Morgan fingerprint density at radius 2 is 1.95 bits per heavy atom. The Balaban J connectivity index is 1.65. The first-order valence-corrected chi connectivity index (χ1v) is 7.16. The number of rotatable bonds is 7. The van der Waals surface area contributed by atoms with Crippen LogP contribution in [0.25, 0.3) is 0 Å². The average molecular weight is 292 g/mol. The molecule has 4 nitrogen and oxygen atoms in total. The van der Waals surface area contributed by atoms with Crippen molar-refractivity contribution < 1.29 is 0 Å². The lowest BCUT2D eigenvalue weighted by atomic mass is 10.1. The number of hydrogen-bond donors (Lipinski definition) is 2. The van der Waals surface area contributed by atoms with Crippen molar-refractivity contribution in [1.29, 1.82) is 0 Å². The van der Waals surface area contributed by atoms with Crippen LogP contribution in [0, 0.1) is 0 Å². The molecule has 0 unspecified atom stereocenters. The molecular weight excluding hydrogens is 274 g/mol. The topological polar surface area (TPSA) is 57.8 Å². The molecule has 1 aromatic carbocycles. The van der Waals surface area contributed by atoms with Gasteiger partial charge in [-0.25, -0.2) is 5.10 Å². The number of benzene rings is 1. The molecule has 0 bridgehead atoms. The summed E-state index contributed by atoms with van der Waals surface area (Å²) >= 11 is 5.87. The van der Waals surface area contributed by atoms with Gasteiger partial charge in [0.1, 0.15) is 5.02 Å². The van der Waals surface area contributed by atoms with Crippen molar-refractivity contribution in [2.24, 2.45) is 0 Å². The number of halogens is 1. The molecule has 0 aliphatic heterocycles. The highest BCUT2D eigenvalue weighted by Crippen LogP contribution is 2.14. The van der Waals surface area contributed by atoms with Crippen LogP contribution in [-0.2, 0) is 6.42 Å². The molecule has 0 amide bonds. The van der Waals surface area contributed by atoms with E-state index in [0.29, 0.717) is 5.69 Å². The summed E-state index contributed by atoms with van der Waals surface area (Å²) < 4.78 is 0. The molecule has 0 aliphatic rings. The number of nitrogens with one attached hydrogen (secondary N) is 2. The Kier molecular flexibility index (Phi) is 5.62. The zero-order valence-corrected chi connectivity index (χ0v) is 12.0. The van der Waals surface area contributed by atoms with Gasteiger partial charge in [-0.05, 0) is 24.8 Å². The fourth-order valence-electron chi connectivity index (χ4n) is 2.01. The van der Waals surface area contributed by atoms with Gasteiger partial charge in [-0.15, -0.1) is 0 Å². The average Bonchev–Trinajstić information content (AvgIpc) is 2.48. The lowest BCUT2D eigenvalue weighted by Crippen LogP contribution is -2.12. The number of anilines is 1. The highest BCUT2D eigenvalue weighted by atomic mass is 35.5. The van der Waals surface area contributed by atoms with E-state index < -0.39 is 0 Å². The van der Waals surface area contributed by atoms with E-state index in [4.69, 9.17) is 11.6 Å². The van der Waals surface area contributed by atoms with E-state index in [-0.39, 0.29) is 10.6 Å². The van der Waals surface area contributed by atoms with E-state index in [1.54, 1.807) is 0 Å². The van der Waals surface area contributed by atoms with Crippen LogP contribution in [0.4, 0.5) is 5.69 Å². The molecule has 5 heteroatoms. The first-order valence-electron chi connectivity index (χ1n) is 6.78. The molecule has 106 valence electrons. The SMILES string of the molecule is O=c1[nH]ncc(NCCCCCc2ccccc2)c1Cl. The Morgan fingerprint density at radius 3 is 2.75 bits per heavy atom. The summed E-state index contributed by atoms with van der Waals surface area (Å²) in [7, 11) is 0. The molecule has 20 heavy (non-hydrogen) atoms. The van der Waals surface area contributed by atoms with Crippen LogP contribution in [0.2, 0.25) is 5.02 Å². The molecule has 2 rings (SSSR count). The second-order valence-corrected chi connectivity index (χ2v) is 5.03. The van der Waals surface area contributed by atoms with E-state index in [2.05, 4.69) is 39.8 Å². The summed E-state index contributed by atoms with van der Waals surface area (Å²) in [4.78, 5) is 11.2. The predicted octanol–water partition coefficient (Wildman–Crippen LogP) is 3.25. The minimum Gasteiger partial charge on any atom is -0.382 e. The van der Waals surface area contributed by atoms with Crippen molar-refractivity contribution in [3.05, 3.63) is 57.5 Å². The van der Waals surface area contributed by atoms with Gasteiger partial charge in [0.05, 0.1) is 11.9 Å². The number of unbranched alkanes of at least 4 members (excludes halogenated alkanes) is 2. The van der Waals surface area contributed by atoms with Gasteiger partial charge in [-0.1, -0.05) is 48.4 Å². The number of nitrogens with zero attached hydrogens (tertiary/aromatic N) is 1. The Hall–Kier alpha value is -1.81. The van der Waals surface area contributed by atoms with Crippen molar-refractivity contribution in [3.8, 4) is 0 Å². The maximum atomic E-state index is 11.2. The molecule has 1 aromatic heterocycles. The molecule has 0 fully saturated rings. The lowest BCUT2D eigenvalue weighted by molar-refractivity contribution is 0.698. The van der Waals surface area contributed by atoms with Gasteiger partial charge < -0.3 is 5.32 Å². The van der Waals surface area contributed by atoms with Gasteiger partial charge in [-0.3, -0.25) is 4.79 Å². The number of H-pyrrole nitrogens is 1. The van der Waals surface area contributed by atoms with Crippen molar-refractivity contribution in [2.75, 3.05) is 11.9 Å². The van der Waals surface area contributed by atoms with Crippen LogP contribution in [0.1, 0.15) is 24.8 Å². The van der Waals surface area contributed by atoms with Crippen LogP contribution in [-0.4, -0.2) is 16.7 Å². The van der Waals surface area contributed by atoms with Gasteiger partial charge in [-0.2, -0.15) is 5.10 Å². The summed E-state index contributed by atoms with van der Waals surface area (Å²) in [6.45, 7) is 0.791. The van der Waals surface area contributed by atoms with Gasteiger partial charge in [0.2, 0.25) is 0 Å². The normalized spacial score (nSPS) is 10.4. The van der Waals surface area contributed by atoms with Crippen LogP contribution in [0.5, 0.6) is 0 Å². The van der Waals surface area contributed by atoms with Gasteiger partial charge >= 0.3 is 0 Å². The van der Waals surface area contributed by atoms with Gasteiger partial charge in [0, 0.05) is 6.54 Å². The second kappa shape index (κ2) is 7.70. The van der Waals surface area contributed by atoms with Gasteiger partial charge in [0.25, 0.3) is 5.56 Å². The highest BCUT2D eigenvalue weighted by molar-refractivity contribution is 6.32. The smallest absolute Gasteiger partial charge is 0.285 e. The van der Waals surface area contributed by atoms with E-state index in [1.165, 1.54) is 11.8 Å². The van der Waals surface area contributed by atoms with Crippen molar-refractivity contribution in [3.63, 3.8) is 0 Å². The predicted molar refractivity (Wildman–Crippen MR) is 82.4 cm³/mol. The van der Waals surface area contributed by atoms with Crippen LogP contribution in [0.15, 0.2) is 41.3 Å². The molecule has 0 saturated heterocycles. The number of aromatic nitrogens is 2. The van der Waals surface area contributed by atoms with E-state index in [1.807, 2.05) is 6.07 Å². The summed E-state index contributed by atoms with van der Waals surface area (Å²) in [6, 6.07) is 10.5. The zero-order chi connectivity index (χ0) is 14.2. The Morgan fingerprint density at radius 1 is 1.15 bits per heavy atom. The summed E-state index contributed by atoms with van der Waals surface area (Å²) in [6.07, 6.45) is 5.97. The third-order valence-corrected chi connectivity index (χ3v) is 3.47. The number of aromatic amines is 1.